The van der Waals surface area contributed by atoms with Crippen molar-refractivity contribution in [3.8, 4) is 0 Å². The van der Waals surface area contributed by atoms with Gasteiger partial charge in [0, 0.05) is 23.9 Å². The first-order chi connectivity index (χ1) is 10.9. The number of hydrogen-bond acceptors (Lipinski definition) is 2. The first-order valence-electron chi connectivity index (χ1n) is 7.37. The van der Waals surface area contributed by atoms with Crippen LogP contribution >= 0.6 is 11.8 Å². The standard InChI is InChI=1S/C19H16N2S/c1-2-9-18-15(6-1)7-5-8-16(18)13-22-14-17-12-21-11-4-3-10-19(21)20-17/h1-12H,13-14H2. The molecule has 4 aromatic rings. The molecule has 2 aromatic heterocycles. The summed E-state index contributed by atoms with van der Waals surface area (Å²) in [5, 5.41) is 2.67. The minimum atomic E-state index is 0.935. The quantitative estimate of drug-likeness (QED) is 0.532. The molecule has 4 rings (SSSR count). The first kappa shape index (κ1) is 13.4. The molecule has 2 nitrogen and oxygen atoms in total. The average Bonchev–Trinajstić information content (AvgIpc) is 2.98. The van der Waals surface area contributed by atoms with Crippen LogP contribution in [0.3, 0.4) is 0 Å². The molecule has 0 saturated carbocycles. The van der Waals surface area contributed by atoms with Crippen molar-refractivity contribution in [1.82, 2.24) is 9.38 Å². The van der Waals surface area contributed by atoms with Crippen LogP contribution in [0.25, 0.3) is 16.4 Å². The fourth-order valence-corrected chi connectivity index (χ4v) is 3.66. The predicted octanol–water partition coefficient (Wildman–Crippen LogP) is 4.92. The molecule has 0 radical (unpaired) electrons. The minimum Gasteiger partial charge on any atom is -0.307 e. The van der Waals surface area contributed by atoms with Crippen LogP contribution < -0.4 is 0 Å². The Labute approximate surface area is 133 Å². The van der Waals surface area contributed by atoms with Crippen LogP contribution in [-0.4, -0.2) is 9.38 Å². The van der Waals surface area contributed by atoms with E-state index in [0.29, 0.717) is 0 Å². The molecule has 0 saturated heterocycles. The molecular weight excluding hydrogens is 288 g/mol. The van der Waals surface area contributed by atoms with E-state index in [2.05, 4.69) is 58.0 Å². The van der Waals surface area contributed by atoms with E-state index in [1.807, 2.05) is 36.2 Å². The zero-order valence-corrected chi connectivity index (χ0v) is 13.0. The zero-order valence-electron chi connectivity index (χ0n) is 12.1. The second kappa shape index (κ2) is 5.85. The maximum absolute atomic E-state index is 4.65. The number of hydrogen-bond donors (Lipinski definition) is 0. The number of benzene rings is 2. The lowest BCUT2D eigenvalue weighted by molar-refractivity contribution is 1.18. The Morgan fingerprint density at radius 2 is 1.73 bits per heavy atom. The van der Waals surface area contributed by atoms with Crippen LogP contribution in [0.2, 0.25) is 0 Å². The number of pyridine rings is 1. The number of thioether (sulfide) groups is 1. The van der Waals surface area contributed by atoms with Crippen LogP contribution in [0.15, 0.2) is 73.1 Å². The summed E-state index contributed by atoms with van der Waals surface area (Å²) in [5.41, 5.74) is 3.55. The van der Waals surface area contributed by atoms with Gasteiger partial charge in [0.1, 0.15) is 5.65 Å². The van der Waals surface area contributed by atoms with Gasteiger partial charge in [0.15, 0.2) is 0 Å². The van der Waals surface area contributed by atoms with Gasteiger partial charge in [0.25, 0.3) is 0 Å². The van der Waals surface area contributed by atoms with Gasteiger partial charge < -0.3 is 4.40 Å². The number of nitrogens with zero attached hydrogens (tertiary/aromatic N) is 2. The summed E-state index contributed by atoms with van der Waals surface area (Å²) >= 11 is 1.91. The SMILES string of the molecule is c1ccc2c(CSCc3cn4ccccc4n3)cccc2c1. The van der Waals surface area contributed by atoms with Crippen molar-refractivity contribution >= 4 is 28.2 Å². The highest BCUT2D eigenvalue weighted by Gasteiger charge is 2.03. The van der Waals surface area contributed by atoms with E-state index in [9.17, 15) is 0 Å². The lowest BCUT2D eigenvalue weighted by Crippen LogP contribution is -1.86. The summed E-state index contributed by atoms with van der Waals surface area (Å²) in [7, 11) is 0. The second-order valence-electron chi connectivity index (χ2n) is 5.33. The molecular formula is C19H16N2S. The molecule has 0 atom stereocenters. The van der Waals surface area contributed by atoms with Crippen LogP contribution in [0.4, 0.5) is 0 Å². The van der Waals surface area contributed by atoms with E-state index in [-0.39, 0.29) is 0 Å². The molecule has 0 aliphatic heterocycles. The fourth-order valence-electron chi connectivity index (χ4n) is 2.74. The van der Waals surface area contributed by atoms with Gasteiger partial charge >= 0.3 is 0 Å². The Morgan fingerprint density at radius 3 is 2.68 bits per heavy atom. The average molecular weight is 304 g/mol. The molecule has 0 fully saturated rings. The lowest BCUT2D eigenvalue weighted by Gasteiger charge is -2.05. The zero-order chi connectivity index (χ0) is 14.8. The topological polar surface area (TPSA) is 17.3 Å². The largest absolute Gasteiger partial charge is 0.307 e. The monoisotopic (exact) mass is 304 g/mol. The Morgan fingerprint density at radius 1 is 0.864 bits per heavy atom. The predicted molar refractivity (Wildman–Crippen MR) is 94.1 cm³/mol. The number of aromatic nitrogens is 2. The molecule has 108 valence electrons. The Bertz CT molecular complexity index is 888. The van der Waals surface area contributed by atoms with Gasteiger partial charge in [-0.15, -0.1) is 0 Å². The van der Waals surface area contributed by atoms with E-state index in [4.69, 9.17) is 0 Å². The van der Waals surface area contributed by atoms with E-state index in [0.717, 1.165) is 22.8 Å². The molecule has 0 amide bonds. The van der Waals surface area contributed by atoms with Crippen molar-refractivity contribution in [2.75, 3.05) is 0 Å². The molecule has 3 heteroatoms. The van der Waals surface area contributed by atoms with Crippen molar-refractivity contribution in [2.24, 2.45) is 0 Å². The highest BCUT2D eigenvalue weighted by molar-refractivity contribution is 7.97. The van der Waals surface area contributed by atoms with E-state index >= 15 is 0 Å². The van der Waals surface area contributed by atoms with Gasteiger partial charge in [0.2, 0.25) is 0 Å². The Hall–Kier alpha value is -2.26. The molecule has 0 aliphatic carbocycles. The van der Waals surface area contributed by atoms with Gasteiger partial charge in [-0.3, -0.25) is 0 Å². The molecule has 22 heavy (non-hydrogen) atoms. The molecule has 2 aromatic carbocycles. The maximum atomic E-state index is 4.65. The molecule has 0 spiro atoms. The lowest BCUT2D eigenvalue weighted by atomic mass is 10.1. The third-order valence-electron chi connectivity index (χ3n) is 3.80. The summed E-state index contributed by atoms with van der Waals surface area (Å²) in [6.07, 6.45) is 4.16. The summed E-state index contributed by atoms with van der Waals surface area (Å²) in [6.45, 7) is 0. The minimum absolute atomic E-state index is 0.935. The Kier molecular flexibility index (Phi) is 3.57. The molecule has 0 N–H and O–H groups in total. The van der Waals surface area contributed by atoms with Crippen molar-refractivity contribution in [1.29, 1.82) is 0 Å². The first-order valence-corrected chi connectivity index (χ1v) is 8.53. The van der Waals surface area contributed by atoms with Crippen molar-refractivity contribution in [3.05, 3.63) is 84.3 Å². The van der Waals surface area contributed by atoms with Gasteiger partial charge in [-0.2, -0.15) is 11.8 Å². The van der Waals surface area contributed by atoms with Crippen LogP contribution in [0, 0.1) is 0 Å². The number of fused-ring (bicyclic) bond motifs is 2. The highest BCUT2D eigenvalue weighted by Crippen LogP contribution is 2.24. The van der Waals surface area contributed by atoms with Gasteiger partial charge in [-0.25, -0.2) is 4.98 Å². The number of imidazole rings is 1. The molecule has 2 heterocycles. The van der Waals surface area contributed by atoms with E-state index < -0.39 is 0 Å². The van der Waals surface area contributed by atoms with Crippen LogP contribution in [0.1, 0.15) is 11.3 Å². The smallest absolute Gasteiger partial charge is 0.137 e. The van der Waals surface area contributed by atoms with E-state index in [1.54, 1.807) is 0 Å². The summed E-state index contributed by atoms with van der Waals surface area (Å²) in [5.74, 6) is 1.94. The van der Waals surface area contributed by atoms with Crippen molar-refractivity contribution < 1.29 is 0 Å². The second-order valence-corrected chi connectivity index (χ2v) is 6.32. The number of rotatable bonds is 4. The van der Waals surface area contributed by atoms with Gasteiger partial charge in [0.05, 0.1) is 5.69 Å². The van der Waals surface area contributed by atoms with Crippen LogP contribution in [-0.2, 0) is 11.5 Å². The fraction of sp³-hybridized carbons (Fsp3) is 0.105. The van der Waals surface area contributed by atoms with E-state index in [1.165, 1.54) is 16.3 Å². The van der Waals surface area contributed by atoms with Crippen molar-refractivity contribution in [3.63, 3.8) is 0 Å². The molecule has 0 bridgehead atoms. The molecule has 0 unspecified atom stereocenters. The van der Waals surface area contributed by atoms with Crippen LogP contribution in [0.5, 0.6) is 0 Å². The van der Waals surface area contributed by atoms with Gasteiger partial charge in [-0.05, 0) is 28.5 Å². The third-order valence-corrected chi connectivity index (χ3v) is 4.82. The maximum Gasteiger partial charge on any atom is 0.137 e. The third kappa shape index (κ3) is 2.60. The summed E-state index contributed by atoms with van der Waals surface area (Å²) in [6, 6.07) is 21.2. The summed E-state index contributed by atoms with van der Waals surface area (Å²) < 4.78 is 2.08. The van der Waals surface area contributed by atoms with Crippen molar-refractivity contribution in [2.45, 2.75) is 11.5 Å². The highest BCUT2D eigenvalue weighted by atomic mass is 32.2. The summed E-state index contributed by atoms with van der Waals surface area (Å²) in [4.78, 5) is 4.65. The normalized spacial score (nSPS) is 11.3. The van der Waals surface area contributed by atoms with Gasteiger partial charge in [-0.1, -0.05) is 48.5 Å². The Balaban J connectivity index is 1.50. The molecule has 0 aliphatic rings.